The Kier molecular flexibility index (Phi) is 6.08. The van der Waals surface area contributed by atoms with Gasteiger partial charge in [0.2, 0.25) is 5.91 Å². The first-order chi connectivity index (χ1) is 10.1. The number of nitrogens with one attached hydrogen (secondary N) is 1. The first-order valence-electron chi connectivity index (χ1n) is 7.32. The van der Waals surface area contributed by atoms with E-state index in [0.717, 1.165) is 30.4 Å². The molecule has 1 unspecified atom stereocenters. The molecular formula is C14H25N5OS. The highest BCUT2D eigenvalue weighted by molar-refractivity contribution is 7.99. The zero-order valence-corrected chi connectivity index (χ0v) is 13.9. The smallest absolute Gasteiger partial charge is 0.234 e. The molecular weight excluding hydrogens is 286 g/mol. The number of thioether (sulfide) groups is 1. The Balaban J connectivity index is 1.59. The number of likely N-dealkylation sites (N-methyl/N-ethyl adjacent to an activating group) is 1. The van der Waals surface area contributed by atoms with Crippen LogP contribution in [0.3, 0.4) is 0 Å². The van der Waals surface area contributed by atoms with Gasteiger partial charge in [-0.05, 0) is 20.5 Å². The molecule has 0 radical (unpaired) electrons. The van der Waals surface area contributed by atoms with Crippen molar-refractivity contribution in [3.8, 4) is 0 Å². The molecule has 1 aromatic rings. The predicted octanol–water partition coefficient (Wildman–Crippen LogP) is 0.264. The van der Waals surface area contributed by atoms with Gasteiger partial charge in [0.1, 0.15) is 0 Å². The number of imidazole rings is 1. The number of hydrogen-bond donors (Lipinski definition) is 1. The van der Waals surface area contributed by atoms with Crippen LogP contribution in [0.2, 0.25) is 0 Å². The summed E-state index contributed by atoms with van der Waals surface area (Å²) in [5.74, 6) is 0.964. The first-order valence-corrected chi connectivity index (χ1v) is 8.30. The lowest BCUT2D eigenvalue weighted by Gasteiger charge is -2.20. The minimum atomic E-state index is 0.120. The molecule has 1 saturated heterocycles. The van der Waals surface area contributed by atoms with Crippen LogP contribution in [0.5, 0.6) is 0 Å². The lowest BCUT2D eigenvalue weighted by molar-refractivity contribution is -0.121. The number of likely N-dealkylation sites (tertiary alicyclic amines) is 1. The van der Waals surface area contributed by atoms with Gasteiger partial charge in [-0.2, -0.15) is 0 Å². The minimum Gasteiger partial charge on any atom is -0.354 e. The molecule has 0 spiro atoms. The number of carbonyl (C=O) groups is 1. The third-order valence-corrected chi connectivity index (χ3v) is 4.84. The summed E-state index contributed by atoms with van der Waals surface area (Å²) in [6, 6.07) is 0.580. The molecule has 1 amide bonds. The Labute approximate surface area is 130 Å². The maximum Gasteiger partial charge on any atom is 0.234 e. The molecule has 1 aliphatic heterocycles. The second-order valence-electron chi connectivity index (χ2n) is 5.66. The zero-order chi connectivity index (χ0) is 15.2. The summed E-state index contributed by atoms with van der Waals surface area (Å²) >= 11 is 1.66. The molecule has 1 N–H and O–H groups in total. The number of amides is 1. The number of nitrogens with zero attached hydrogens (tertiary/aromatic N) is 4. The number of carbonyl (C=O) groups excluding carboxylic acids is 1. The Bertz CT molecular complexity index is 462. The quantitative estimate of drug-likeness (QED) is 0.578. The van der Waals surface area contributed by atoms with E-state index in [2.05, 4.69) is 34.2 Å². The third kappa shape index (κ3) is 5.01. The number of hydrogen-bond acceptors (Lipinski definition) is 5. The van der Waals surface area contributed by atoms with Gasteiger partial charge in [0.05, 0.1) is 6.54 Å². The monoisotopic (exact) mass is 311 g/mol. The van der Waals surface area contributed by atoms with E-state index < -0.39 is 0 Å². The lowest BCUT2D eigenvalue weighted by atomic mass is 10.2. The average molecular weight is 311 g/mol. The van der Waals surface area contributed by atoms with E-state index in [-0.39, 0.29) is 5.91 Å². The number of aryl methyl sites for hydroxylation is 1. The molecule has 118 valence electrons. The molecule has 1 atom stereocenters. The van der Waals surface area contributed by atoms with E-state index >= 15 is 0 Å². The van der Waals surface area contributed by atoms with Gasteiger partial charge in [-0.1, -0.05) is 11.8 Å². The summed E-state index contributed by atoms with van der Waals surface area (Å²) in [7, 11) is 6.18. The van der Waals surface area contributed by atoms with Crippen LogP contribution in [0.15, 0.2) is 17.6 Å². The molecule has 1 aromatic heterocycles. The summed E-state index contributed by atoms with van der Waals surface area (Å²) in [5.41, 5.74) is 0. The highest BCUT2D eigenvalue weighted by Gasteiger charge is 2.24. The van der Waals surface area contributed by atoms with Gasteiger partial charge in [0, 0.05) is 50.9 Å². The maximum absolute atomic E-state index is 11.9. The second-order valence-corrected chi connectivity index (χ2v) is 6.72. The lowest BCUT2D eigenvalue weighted by Crippen LogP contribution is -2.38. The second kappa shape index (κ2) is 7.82. The highest BCUT2D eigenvalue weighted by atomic mass is 32.2. The van der Waals surface area contributed by atoms with Gasteiger partial charge in [-0.25, -0.2) is 4.98 Å². The molecule has 2 rings (SSSR count). The maximum atomic E-state index is 11.9. The molecule has 0 aromatic carbocycles. The Morgan fingerprint density at radius 3 is 3.00 bits per heavy atom. The van der Waals surface area contributed by atoms with Crippen molar-refractivity contribution >= 4 is 17.7 Å². The van der Waals surface area contributed by atoms with Crippen LogP contribution in [0, 0.1) is 0 Å². The molecule has 2 heterocycles. The van der Waals surface area contributed by atoms with E-state index in [1.165, 1.54) is 0 Å². The Hall–Kier alpha value is -1.05. The van der Waals surface area contributed by atoms with Gasteiger partial charge in [-0.15, -0.1) is 0 Å². The standard InChI is InChI=1S/C14H25N5OS/c1-17(2)12-4-7-19(10-12)11-13(20)15-6-9-21-14-16-5-8-18(14)3/h5,8,12H,4,6-7,9-11H2,1-3H3,(H,15,20). The van der Waals surface area contributed by atoms with Gasteiger partial charge in [-0.3, -0.25) is 9.69 Å². The van der Waals surface area contributed by atoms with Crippen LogP contribution in [-0.2, 0) is 11.8 Å². The fourth-order valence-electron chi connectivity index (χ4n) is 2.46. The van der Waals surface area contributed by atoms with E-state index in [9.17, 15) is 4.79 Å². The summed E-state index contributed by atoms with van der Waals surface area (Å²) < 4.78 is 1.98. The topological polar surface area (TPSA) is 53.4 Å². The fraction of sp³-hybridized carbons (Fsp3) is 0.714. The molecule has 1 aliphatic rings. The molecule has 21 heavy (non-hydrogen) atoms. The summed E-state index contributed by atoms with van der Waals surface area (Å²) in [5, 5.41) is 3.97. The summed E-state index contributed by atoms with van der Waals surface area (Å²) in [6.07, 6.45) is 4.86. The SMILES string of the molecule is CN(C)C1CCN(CC(=O)NCCSc2nccn2C)C1. The summed E-state index contributed by atoms with van der Waals surface area (Å²) in [4.78, 5) is 20.6. The molecule has 6 nitrogen and oxygen atoms in total. The predicted molar refractivity (Wildman–Crippen MR) is 85.5 cm³/mol. The average Bonchev–Trinajstić information content (AvgIpc) is 3.04. The molecule has 0 saturated carbocycles. The van der Waals surface area contributed by atoms with Crippen LogP contribution in [0.1, 0.15) is 6.42 Å². The van der Waals surface area contributed by atoms with Gasteiger partial charge in [0.25, 0.3) is 0 Å². The summed E-state index contributed by atoms with van der Waals surface area (Å²) in [6.45, 7) is 3.19. The minimum absolute atomic E-state index is 0.120. The van der Waals surface area contributed by atoms with Gasteiger partial charge < -0.3 is 14.8 Å². The van der Waals surface area contributed by atoms with Gasteiger partial charge in [0.15, 0.2) is 5.16 Å². The van der Waals surface area contributed by atoms with E-state index in [4.69, 9.17) is 0 Å². The fourth-order valence-corrected chi connectivity index (χ4v) is 3.25. The first kappa shape index (κ1) is 16.3. The molecule has 0 aliphatic carbocycles. The van der Waals surface area contributed by atoms with Crippen LogP contribution < -0.4 is 5.32 Å². The third-order valence-electron chi connectivity index (χ3n) is 3.78. The van der Waals surface area contributed by atoms with Crippen molar-refractivity contribution in [2.75, 3.05) is 46.0 Å². The van der Waals surface area contributed by atoms with E-state index in [1.54, 1.807) is 18.0 Å². The van der Waals surface area contributed by atoms with Gasteiger partial charge >= 0.3 is 0 Å². The van der Waals surface area contributed by atoms with Crippen molar-refractivity contribution in [3.63, 3.8) is 0 Å². The van der Waals surface area contributed by atoms with Crippen LogP contribution in [-0.4, -0.2) is 77.3 Å². The molecule has 7 heteroatoms. The van der Waals surface area contributed by atoms with Crippen LogP contribution >= 0.6 is 11.8 Å². The van der Waals surface area contributed by atoms with Crippen molar-refractivity contribution in [3.05, 3.63) is 12.4 Å². The van der Waals surface area contributed by atoms with Crippen molar-refractivity contribution in [1.82, 2.24) is 24.7 Å². The number of rotatable bonds is 7. The van der Waals surface area contributed by atoms with Crippen LogP contribution in [0.4, 0.5) is 0 Å². The van der Waals surface area contributed by atoms with Crippen molar-refractivity contribution in [2.24, 2.45) is 7.05 Å². The largest absolute Gasteiger partial charge is 0.354 e. The molecule has 1 fully saturated rings. The number of aromatic nitrogens is 2. The van der Waals surface area contributed by atoms with Crippen molar-refractivity contribution in [1.29, 1.82) is 0 Å². The zero-order valence-electron chi connectivity index (χ0n) is 13.1. The normalized spacial score (nSPS) is 19.3. The van der Waals surface area contributed by atoms with Crippen molar-refractivity contribution in [2.45, 2.75) is 17.6 Å². The molecule has 0 bridgehead atoms. The van der Waals surface area contributed by atoms with Crippen molar-refractivity contribution < 1.29 is 4.79 Å². The Morgan fingerprint density at radius 1 is 1.57 bits per heavy atom. The van der Waals surface area contributed by atoms with Crippen LogP contribution in [0.25, 0.3) is 0 Å². The highest BCUT2D eigenvalue weighted by Crippen LogP contribution is 2.13. The Morgan fingerprint density at radius 2 is 2.38 bits per heavy atom. The van der Waals surface area contributed by atoms with E-state index in [0.29, 0.717) is 19.1 Å². The van der Waals surface area contributed by atoms with E-state index in [1.807, 2.05) is 17.8 Å².